The second-order valence-electron chi connectivity index (χ2n) is 5.85. The third-order valence-corrected chi connectivity index (χ3v) is 4.31. The maximum absolute atomic E-state index is 2.17. The van der Waals surface area contributed by atoms with Gasteiger partial charge in [-0.2, -0.15) is 0 Å². The molecule has 4 aromatic carbocycles. The smallest absolute Gasteiger partial charge is 0 e. The minimum absolute atomic E-state index is 0. The van der Waals surface area contributed by atoms with Gasteiger partial charge in [0.05, 0.1) is 0 Å². The van der Waals surface area contributed by atoms with Gasteiger partial charge in [-0.1, -0.05) is 109 Å². The van der Waals surface area contributed by atoms with Crippen LogP contribution in [0.3, 0.4) is 0 Å². The van der Waals surface area contributed by atoms with Crippen LogP contribution in [0, 0.1) is 0 Å². The largest absolute Gasteiger partial charge is 0.0616 e. The fourth-order valence-electron chi connectivity index (χ4n) is 3.11. The molecule has 0 N–H and O–H groups in total. The summed E-state index contributed by atoms with van der Waals surface area (Å²) in [5, 5.41) is 5.12. The first-order valence-electron chi connectivity index (χ1n) is 8.22. The van der Waals surface area contributed by atoms with E-state index in [2.05, 4.69) is 109 Å². The molecule has 0 aliphatic heterocycles. The average Bonchev–Trinajstić information content (AvgIpc) is 2.65. The van der Waals surface area contributed by atoms with Gasteiger partial charge in [0, 0.05) is 25.8 Å². The first-order chi connectivity index (χ1) is 11.9. The van der Waals surface area contributed by atoms with E-state index >= 15 is 0 Å². The Bertz CT molecular complexity index is 960. The summed E-state index contributed by atoms with van der Waals surface area (Å²) in [6.45, 7) is 0. The minimum Gasteiger partial charge on any atom is -0.0616 e. The average molecular weight is 485 g/mol. The molecule has 0 aliphatic rings. The van der Waals surface area contributed by atoms with Gasteiger partial charge in [-0.25, -0.2) is 0 Å². The molecule has 0 atom stereocenters. The Morgan fingerprint density at radius 1 is 0.440 bits per heavy atom. The number of hydrogen-bond acceptors (Lipinski definition) is 0. The van der Waals surface area contributed by atoms with Crippen LogP contribution in [0.15, 0.2) is 97.1 Å². The zero-order valence-corrected chi connectivity index (χ0v) is 17.5. The van der Waals surface area contributed by atoms with E-state index in [4.69, 9.17) is 0 Å². The number of hydrogen-bond donors (Lipinski definition) is 0. The molecule has 25 heavy (non-hydrogen) atoms. The number of allylic oxidation sites excluding steroid dienone is 2. The monoisotopic (exact) mass is 486 g/mol. The molecule has 1 heteroatoms. The first kappa shape index (κ1) is 17.6. The van der Waals surface area contributed by atoms with E-state index in [-0.39, 0.29) is 25.8 Å². The third-order valence-electron chi connectivity index (χ3n) is 4.31. The fraction of sp³-hybridized carbons (Fsp3) is 0. The summed E-state index contributed by atoms with van der Waals surface area (Å²) in [7, 11) is 0. The summed E-state index contributed by atoms with van der Waals surface area (Å²) in [6, 6.07) is 29.8. The van der Waals surface area contributed by atoms with Gasteiger partial charge in [-0.05, 0) is 32.7 Å². The van der Waals surface area contributed by atoms with Gasteiger partial charge in [0.1, 0.15) is 0 Å². The third kappa shape index (κ3) is 3.88. The second-order valence-corrected chi connectivity index (χ2v) is 5.85. The van der Waals surface area contributed by atoms with Gasteiger partial charge in [0.25, 0.3) is 0 Å². The van der Waals surface area contributed by atoms with Crippen molar-refractivity contribution in [2.45, 2.75) is 0 Å². The van der Waals surface area contributed by atoms with E-state index in [1.165, 1.54) is 32.7 Å². The Hall–Kier alpha value is -2.25. The SMILES string of the molecule is C(C=Cc1cccc2ccccc12)=Cc1cccc2ccccc12.[Hf]. The van der Waals surface area contributed by atoms with Crippen LogP contribution in [0.25, 0.3) is 33.7 Å². The molecule has 0 saturated heterocycles. The normalized spacial score (nSPS) is 11.4. The molecule has 0 heterocycles. The van der Waals surface area contributed by atoms with Crippen LogP contribution in [-0.4, -0.2) is 0 Å². The Morgan fingerprint density at radius 2 is 0.840 bits per heavy atom. The quantitative estimate of drug-likeness (QED) is 0.224. The molecule has 0 radical (unpaired) electrons. The van der Waals surface area contributed by atoms with Crippen LogP contribution >= 0.6 is 0 Å². The Balaban J connectivity index is 0.00000182. The maximum atomic E-state index is 2.17. The van der Waals surface area contributed by atoms with Crippen molar-refractivity contribution in [3.05, 3.63) is 108 Å². The van der Waals surface area contributed by atoms with Gasteiger partial charge in [0.15, 0.2) is 0 Å². The van der Waals surface area contributed by atoms with Gasteiger partial charge in [-0.15, -0.1) is 0 Å². The summed E-state index contributed by atoms with van der Waals surface area (Å²) in [5.74, 6) is 0. The van der Waals surface area contributed by atoms with Crippen molar-refractivity contribution in [2.24, 2.45) is 0 Å². The molecule has 0 unspecified atom stereocenters. The molecule has 0 saturated carbocycles. The van der Waals surface area contributed by atoms with E-state index in [0.29, 0.717) is 0 Å². The van der Waals surface area contributed by atoms with Gasteiger partial charge in [0.2, 0.25) is 0 Å². The first-order valence-corrected chi connectivity index (χ1v) is 8.22. The zero-order chi connectivity index (χ0) is 16.2. The summed E-state index contributed by atoms with van der Waals surface area (Å²) in [6.07, 6.45) is 8.57. The molecule has 0 aliphatic carbocycles. The molecule has 0 fully saturated rings. The van der Waals surface area contributed by atoms with E-state index in [1.54, 1.807) is 0 Å². The molecule has 0 spiro atoms. The molecule has 0 aromatic heterocycles. The van der Waals surface area contributed by atoms with Crippen molar-refractivity contribution >= 4 is 33.7 Å². The number of rotatable bonds is 3. The standard InChI is InChI=1S/C24H18.Hf/c1(9-19-13-7-15-21-11-3-5-17-23(19)21)2-10-20-14-8-16-22-12-4-6-18-24(20)22;/h1-18H;. The van der Waals surface area contributed by atoms with E-state index in [1.807, 2.05) is 0 Å². The van der Waals surface area contributed by atoms with E-state index in [9.17, 15) is 0 Å². The number of fused-ring (bicyclic) bond motifs is 2. The predicted molar refractivity (Wildman–Crippen MR) is 106 cm³/mol. The van der Waals surface area contributed by atoms with E-state index < -0.39 is 0 Å². The van der Waals surface area contributed by atoms with Crippen molar-refractivity contribution in [1.29, 1.82) is 0 Å². The molecule has 4 rings (SSSR count). The molecule has 118 valence electrons. The minimum atomic E-state index is 0. The van der Waals surface area contributed by atoms with Crippen molar-refractivity contribution < 1.29 is 25.8 Å². The van der Waals surface area contributed by atoms with Crippen LogP contribution in [-0.2, 0) is 25.8 Å². The van der Waals surface area contributed by atoms with Gasteiger partial charge in [-0.3, -0.25) is 0 Å². The molecule has 0 amide bonds. The Morgan fingerprint density at radius 3 is 1.32 bits per heavy atom. The summed E-state index contributed by atoms with van der Waals surface area (Å²) in [4.78, 5) is 0. The topological polar surface area (TPSA) is 0 Å². The molecular weight excluding hydrogens is 467 g/mol. The van der Waals surface area contributed by atoms with Crippen LogP contribution in [0.5, 0.6) is 0 Å². The Labute approximate surface area is 167 Å². The molecule has 4 aromatic rings. The fourth-order valence-corrected chi connectivity index (χ4v) is 3.11. The van der Waals surface area contributed by atoms with Gasteiger partial charge < -0.3 is 0 Å². The maximum Gasteiger partial charge on any atom is 0 e. The van der Waals surface area contributed by atoms with Crippen molar-refractivity contribution in [3.63, 3.8) is 0 Å². The summed E-state index contributed by atoms with van der Waals surface area (Å²) < 4.78 is 0. The van der Waals surface area contributed by atoms with Crippen LogP contribution in [0.2, 0.25) is 0 Å². The predicted octanol–water partition coefficient (Wildman–Crippen LogP) is 6.72. The van der Waals surface area contributed by atoms with Crippen molar-refractivity contribution in [2.75, 3.05) is 0 Å². The molecule has 0 nitrogen and oxygen atoms in total. The van der Waals surface area contributed by atoms with Crippen LogP contribution in [0.1, 0.15) is 11.1 Å². The second kappa shape index (κ2) is 8.22. The van der Waals surface area contributed by atoms with Crippen LogP contribution < -0.4 is 0 Å². The zero-order valence-electron chi connectivity index (χ0n) is 13.9. The van der Waals surface area contributed by atoms with Crippen molar-refractivity contribution in [1.82, 2.24) is 0 Å². The Kier molecular flexibility index (Phi) is 5.78. The molecular formula is C24H18Hf. The van der Waals surface area contributed by atoms with Gasteiger partial charge >= 0.3 is 0 Å². The molecule has 0 bridgehead atoms. The summed E-state index contributed by atoms with van der Waals surface area (Å²) >= 11 is 0. The van der Waals surface area contributed by atoms with Crippen LogP contribution in [0.4, 0.5) is 0 Å². The number of benzene rings is 4. The summed E-state index contributed by atoms with van der Waals surface area (Å²) in [5.41, 5.74) is 2.49. The van der Waals surface area contributed by atoms with Crippen molar-refractivity contribution in [3.8, 4) is 0 Å². The van der Waals surface area contributed by atoms with E-state index in [0.717, 1.165) is 0 Å².